The highest BCUT2D eigenvalue weighted by Crippen LogP contribution is 2.28. The van der Waals surface area contributed by atoms with Crippen LogP contribution in [0.5, 0.6) is 0 Å². The van der Waals surface area contributed by atoms with Gasteiger partial charge in [0.15, 0.2) is 0 Å². The van der Waals surface area contributed by atoms with E-state index in [-0.39, 0.29) is 5.54 Å². The van der Waals surface area contributed by atoms with Crippen molar-refractivity contribution in [2.24, 2.45) is 0 Å². The van der Waals surface area contributed by atoms with Crippen molar-refractivity contribution in [2.75, 3.05) is 26.2 Å². The molecular weight excluding hydrogens is 290 g/mol. The van der Waals surface area contributed by atoms with Gasteiger partial charge in [0.2, 0.25) is 0 Å². The first-order valence-electron chi connectivity index (χ1n) is 8.57. The Morgan fingerprint density at radius 1 is 0.952 bits per heavy atom. The Bertz CT molecular complexity index is 325. The number of hydrogen-bond donors (Lipinski definition) is 0. The lowest BCUT2D eigenvalue weighted by molar-refractivity contribution is 0.0568. The summed E-state index contributed by atoms with van der Waals surface area (Å²) in [5.74, 6) is 0. The summed E-state index contributed by atoms with van der Waals surface area (Å²) in [6.07, 6.45) is 0.591. The SMILES string of the molecule is CCN1CCN(C(C)(C)C)C1CN([Si](C)(C)C)[Si](C)(C)C. The van der Waals surface area contributed by atoms with Crippen LogP contribution in [0, 0.1) is 0 Å². The molecule has 21 heavy (non-hydrogen) atoms. The molecule has 1 aliphatic heterocycles. The minimum Gasteiger partial charge on any atom is -0.343 e. The topological polar surface area (TPSA) is 9.72 Å². The van der Waals surface area contributed by atoms with E-state index >= 15 is 0 Å². The van der Waals surface area contributed by atoms with Crippen LogP contribution in [0.4, 0.5) is 0 Å². The second-order valence-corrected chi connectivity index (χ2v) is 19.6. The highest BCUT2D eigenvalue weighted by molar-refractivity contribution is 6.89. The van der Waals surface area contributed by atoms with Gasteiger partial charge in [0, 0.05) is 25.2 Å². The van der Waals surface area contributed by atoms with Gasteiger partial charge in [-0.25, -0.2) is 0 Å². The van der Waals surface area contributed by atoms with Gasteiger partial charge in [-0.2, -0.15) is 0 Å². The van der Waals surface area contributed by atoms with Gasteiger partial charge in [0.1, 0.15) is 16.5 Å². The molecule has 1 rings (SSSR count). The molecule has 0 N–H and O–H groups in total. The lowest BCUT2D eigenvalue weighted by Crippen LogP contribution is -2.64. The third-order valence-electron chi connectivity index (χ3n) is 4.64. The summed E-state index contributed by atoms with van der Waals surface area (Å²) in [5.41, 5.74) is 0.263. The highest BCUT2D eigenvalue weighted by Gasteiger charge is 2.42. The molecule has 1 fully saturated rings. The zero-order chi connectivity index (χ0) is 16.6. The van der Waals surface area contributed by atoms with Crippen LogP contribution >= 0.6 is 0 Å². The first-order valence-corrected chi connectivity index (χ1v) is 15.5. The standard InChI is InChI=1S/C16H39N3Si2/c1-11-17-12-13-18(16(2,3)4)15(17)14-19(20(5,6)7)21(8,9)10/h15H,11-14H2,1-10H3. The Kier molecular flexibility index (Phi) is 5.93. The third kappa shape index (κ3) is 4.89. The highest BCUT2D eigenvalue weighted by atomic mass is 28.4. The van der Waals surface area contributed by atoms with Crippen molar-refractivity contribution in [2.45, 2.75) is 78.7 Å². The second kappa shape index (κ2) is 6.44. The predicted octanol–water partition coefficient (Wildman–Crippen LogP) is 3.72. The van der Waals surface area contributed by atoms with E-state index in [0.717, 1.165) is 0 Å². The maximum Gasteiger partial charge on any atom is 0.112 e. The Balaban J connectivity index is 3.03. The average Bonchev–Trinajstić information content (AvgIpc) is 2.64. The van der Waals surface area contributed by atoms with Gasteiger partial charge in [0.25, 0.3) is 0 Å². The molecule has 5 heteroatoms. The van der Waals surface area contributed by atoms with Crippen molar-refractivity contribution < 1.29 is 0 Å². The molecule has 0 spiro atoms. The first-order chi connectivity index (χ1) is 9.28. The van der Waals surface area contributed by atoms with E-state index in [0.29, 0.717) is 6.17 Å². The zero-order valence-electron chi connectivity index (χ0n) is 16.2. The Morgan fingerprint density at radius 3 is 1.76 bits per heavy atom. The van der Waals surface area contributed by atoms with Crippen molar-refractivity contribution in [3.63, 3.8) is 0 Å². The summed E-state index contributed by atoms with van der Waals surface area (Å²) in [4.78, 5) is 5.41. The molecule has 0 aromatic carbocycles. The summed E-state index contributed by atoms with van der Waals surface area (Å²) in [5, 5.41) is 0. The zero-order valence-corrected chi connectivity index (χ0v) is 18.2. The van der Waals surface area contributed by atoms with Crippen LogP contribution in [-0.2, 0) is 0 Å². The molecule has 0 saturated carbocycles. The second-order valence-electron chi connectivity index (χ2n) is 9.43. The molecule has 1 aliphatic rings. The minimum absolute atomic E-state index is 0.263. The molecule has 1 heterocycles. The van der Waals surface area contributed by atoms with Crippen molar-refractivity contribution in [3.8, 4) is 0 Å². The number of likely N-dealkylation sites (N-methyl/N-ethyl adjacent to an activating group) is 1. The molecule has 1 unspecified atom stereocenters. The lowest BCUT2D eigenvalue weighted by atomic mass is 10.1. The van der Waals surface area contributed by atoms with E-state index in [1.54, 1.807) is 0 Å². The van der Waals surface area contributed by atoms with Crippen molar-refractivity contribution >= 4 is 16.5 Å². The van der Waals surface area contributed by atoms with Gasteiger partial charge in [-0.15, -0.1) is 0 Å². The smallest absolute Gasteiger partial charge is 0.112 e. The number of nitrogens with zero attached hydrogens (tertiary/aromatic N) is 3. The van der Waals surface area contributed by atoms with E-state index in [1.165, 1.54) is 26.2 Å². The van der Waals surface area contributed by atoms with Crippen LogP contribution in [0.15, 0.2) is 0 Å². The first kappa shape index (κ1) is 19.4. The van der Waals surface area contributed by atoms with Gasteiger partial charge < -0.3 is 4.23 Å². The molecule has 0 amide bonds. The normalized spacial score (nSPS) is 23.3. The quantitative estimate of drug-likeness (QED) is 0.712. The van der Waals surface area contributed by atoms with Gasteiger partial charge in [-0.1, -0.05) is 46.2 Å². The fraction of sp³-hybridized carbons (Fsp3) is 1.00. The Hall–Kier alpha value is 0.314. The van der Waals surface area contributed by atoms with E-state index < -0.39 is 16.5 Å². The van der Waals surface area contributed by atoms with Gasteiger partial charge in [-0.05, 0) is 27.3 Å². The van der Waals surface area contributed by atoms with Gasteiger partial charge in [-0.3, -0.25) is 9.80 Å². The van der Waals surface area contributed by atoms with Crippen LogP contribution in [-0.4, -0.2) is 68.4 Å². The molecule has 3 nitrogen and oxygen atoms in total. The number of hydrogen-bond acceptors (Lipinski definition) is 3. The average molecular weight is 330 g/mol. The summed E-state index contributed by atoms with van der Waals surface area (Å²) in [6.45, 7) is 29.3. The molecule has 0 aromatic rings. The Labute approximate surface area is 135 Å². The van der Waals surface area contributed by atoms with Crippen LogP contribution in [0.1, 0.15) is 27.7 Å². The number of rotatable bonds is 5. The fourth-order valence-corrected chi connectivity index (χ4v) is 13.3. The van der Waals surface area contributed by atoms with Crippen LogP contribution in [0.3, 0.4) is 0 Å². The van der Waals surface area contributed by atoms with E-state index in [9.17, 15) is 0 Å². The van der Waals surface area contributed by atoms with Crippen molar-refractivity contribution in [3.05, 3.63) is 0 Å². The van der Waals surface area contributed by atoms with Crippen LogP contribution in [0.2, 0.25) is 39.3 Å². The van der Waals surface area contributed by atoms with Crippen LogP contribution in [0.25, 0.3) is 0 Å². The van der Waals surface area contributed by atoms with Gasteiger partial charge in [0.05, 0.1) is 6.17 Å². The van der Waals surface area contributed by atoms with Crippen LogP contribution < -0.4 is 0 Å². The van der Waals surface area contributed by atoms with Crippen molar-refractivity contribution in [1.29, 1.82) is 0 Å². The van der Waals surface area contributed by atoms with Crippen molar-refractivity contribution in [1.82, 2.24) is 14.0 Å². The maximum atomic E-state index is 2.94. The summed E-state index contributed by atoms with van der Waals surface area (Å²) in [7, 11) is -2.56. The van der Waals surface area contributed by atoms with Gasteiger partial charge >= 0.3 is 0 Å². The third-order valence-corrected chi connectivity index (χ3v) is 12.3. The van der Waals surface area contributed by atoms with E-state index in [2.05, 4.69) is 81.0 Å². The largest absolute Gasteiger partial charge is 0.343 e. The summed E-state index contributed by atoms with van der Waals surface area (Å²) in [6, 6.07) is 0. The maximum absolute atomic E-state index is 2.94. The molecule has 0 radical (unpaired) electrons. The van der Waals surface area contributed by atoms with E-state index in [1.807, 2.05) is 0 Å². The molecule has 0 aliphatic carbocycles. The summed E-state index contributed by atoms with van der Waals surface area (Å²) >= 11 is 0. The molecule has 1 saturated heterocycles. The molecule has 0 aromatic heterocycles. The molecular formula is C16H39N3Si2. The predicted molar refractivity (Wildman–Crippen MR) is 101 cm³/mol. The molecule has 0 bridgehead atoms. The summed E-state index contributed by atoms with van der Waals surface area (Å²) < 4.78 is 2.94. The molecule has 126 valence electrons. The molecule has 1 atom stereocenters. The monoisotopic (exact) mass is 329 g/mol. The minimum atomic E-state index is -1.28. The lowest BCUT2D eigenvalue weighted by Gasteiger charge is -2.49. The Morgan fingerprint density at radius 2 is 1.43 bits per heavy atom. The fourth-order valence-electron chi connectivity index (χ4n) is 3.81. The van der Waals surface area contributed by atoms with E-state index in [4.69, 9.17) is 0 Å².